The van der Waals surface area contributed by atoms with Crippen molar-refractivity contribution in [2.24, 2.45) is 0 Å². The van der Waals surface area contributed by atoms with Crippen LogP contribution in [0.3, 0.4) is 0 Å². The van der Waals surface area contributed by atoms with Gasteiger partial charge in [-0.15, -0.1) is 0 Å². The Balaban J connectivity index is 1.86. The van der Waals surface area contributed by atoms with Crippen molar-refractivity contribution in [1.82, 2.24) is 4.31 Å². The van der Waals surface area contributed by atoms with E-state index in [0.717, 1.165) is 28.0 Å². The summed E-state index contributed by atoms with van der Waals surface area (Å²) in [4.78, 5) is 0.270. The van der Waals surface area contributed by atoms with Crippen LogP contribution in [0, 0.1) is 6.92 Å². The van der Waals surface area contributed by atoms with Gasteiger partial charge in [0.25, 0.3) is 0 Å². The van der Waals surface area contributed by atoms with E-state index < -0.39 is 10.0 Å². The molecule has 0 amide bonds. The van der Waals surface area contributed by atoms with Crippen molar-refractivity contribution in [3.05, 3.63) is 82.9 Å². The second-order valence-electron chi connectivity index (χ2n) is 7.80. The largest absolute Gasteiger partial charge is 0.497 e. The summed E-state index contributed by atoms with van der Waals surface area (Å²) >= 11 is 0. The van der Waals surface area contributed by atoms with Crippen molar-refractivity contribution in [3.63, 3.8) is 0 Å². The molecule has 168 valence electrons. The number of benzene rings is 3. The van der Waals surface area contributed by atoms with Crippen LogP contribution in [0.2, 0.25) is 0 Å². The van der Waals surface area contributed by atoms with Gasteiger partial charge in [-0.05, 0) is 54.8 Å². The van der Waals surface area contributed by atoms with E-state index in [1.807, 2.05) is 55.5 Å². The van der Waals surface area contributed by atoms with Gasteiger partial charge in [0, 0.05) is 12.1 Å². The highest BCUT2D eigenvalue weighted by atomic mass is 32.2. The zero-order chi connectivity index (χ0) is 22.9. The molecule has 4 rings (SSSR count). The molecule has 6 nitrogen and oxygen atoms in total. The topological polar surface area (TPSA) is 65.1 Å². The molecule has 3 aromatic rings. The molecule has 1 heterocycles. The number of fused-ring (bicyclic) bond motifs is 1. The highest BCUT2D eigenvalue weighted by Gasteiger charge is 2.38. The quantitative estimate of drug-likeness (QED) is 0.550. The molecule has 7 heteroatoms. The fourth-order valence-electron chi connectivity index (χ4n) is 4.18. The molecule has 1 atom stereocenters. The molecule has 0 spiro atoms. The maximum Gasteiger partial charge on any atom is 0.243 e. The molecular formula is C25H27NO5S. The van der Waals surface area contributed by atoms with Gasteiger partial charge in [-0.3, -0.25) is 0 Å². The Morgan fingerprint density at radius 3 is 2.12 bits per heavy atom. The summed E-state index contributed by atoms with van der Waals surface area (Å²) < 4.78 is 45.5. The monoisotopic (exact) mass is 453 g/mol. The summed E-state index contributed by atoms with van der Waals surface area (Å²) in [5.74, 6) is 1.88. The van der Waals surface area contributed by atoms with Crippen LogP contribution >= 0.6 is 0 Å². The minimum Gasteiger partial charge on any atom is -0.497 e. The van der Waals surface area contributed by atoms with Gasteiger partial charge >= 0.3 is 0 Å². The molecular weight excluding hydrogens is 426 g/mol. The fraction of sp³-hybridized carbons (Fsp3) is 0.280. The Hall–Kier alpha value is -3.03. The Morgan fingerprint density at radius 2 is 1.53 bits per heavy atom. The SMILES string of the molecule is COc1ccc(C2Cc3ccc(OC)c(OC)c3CN2S(=O)(=O)c2ccc(C)cc2)cc1. The maximum absolute atomic E-state index is 13.8. The van der Waals surface area contributed by atoms with Crippen LogP contribution in [0.4, 0.5) is 0 Å². The molecule has 3 aromatic carbocycles. The van der Waals surface area contributed by atoms with Crippen LogP contribution in [0.1, 0.15) is 28.3 Å². The predicted octanol–water partition coefficient (Wildman–Crippen LogP) is 4.51. The minimum absolute atomic E-state index is 0.183. The second-order valence-corrected chi connectivity index (χ2v) is 9.69. The molecule has 0 aromatic heterocycles. The first kappa shape index (κ1) is 22.2. The van der Waals surface area contributed by atoms with Crippen LogP contribution in [0.15, 0.2) is 65.6 Å². The normalized spacial score (nSPS) is 16.3. The lowest BCUT2D eigenvalue weighted by Crippen LogP contribution is -2.39. The highest BCUT2D eigenvalue weighted by molar-refractivity contribution is 7.89. The first-order chi connectivity index (χ1) is 15.4. The molecule has 1 aliphatic rings. The minimum atomic E-state index is -3.77. The van der Waals surface area contributed by atoms with Crippen LogP contribution in [0.25, 0.3) is 0 Å². The molecule has 1 unspecified atom stereocenters. The average Bonchev–Trinajstić information content (AvgIpc) is 2.82. The van der Waals surface area contributed by atoms with E-state index in [4.69, 9.17) is 14.2 Å². The van der Waals surface area contributed by atoms with Crippen molar-refractivity contribution in [2.75, 3.05) is 21.3 Å². The molecule has 0 fully saturated rings. The molecule has 0 N–H and O–H groups in total. The lowest BCUT2D eigenvalue weighted by molar-refractivity contribution is 0.283. The lowest BCUT2D eigenvalue weighted by atomic mass is 9.91. The summed E-state index contributed by atoms with van der Waals surface area (Å²) in [5.41, 5.74) is 3.78. The zero-order valence-corrected chi connectivity index (χ0v) is 19.5. The van der Waals surface area contributed by atoms with Crippen molar-refractivity contribution >= 4 is 10.0 Å². The second kappa shape index (κ2) is 8.84. The van der Waals surface area contributed by atoms with E-state index in [1.165, 1.54) is 0 Å². The van der Waals surface area contributed by atoms with Gasteiger partial charge < -0.3 is 14.2 Å². The van der Waals surface area contributed by atoms with Crippen molar-refractivity contribution in [2.45, 2.75) is 30.8 Å². The third-order valence-corrected chi connectivity index (χ3v) is 7.82. The van der Waals surface area contributed by atoms with Gasteiger partial charge in [0.15, 0.2) is 11.5 Å². The smallest absolute Gasteiger partial charge is 0.243 e. The Bertz CT molecular complexity index is 1200. The molecule has 0 bridgehead atoms. The van der Waals surface area contributed by atoms with Crippen molar-refractivity contribution in [3.8, 4) is 17.2 Å². The predicted molar refractivity (Wildman–Crippen MR) is 123 cm³/mol. The number of hydrogen-bond acceptors (Lipinski definition) is 5. The van der Waals surface area contributed by atoms with Gasteiger partial charge in [0.2, 0.25) is 10.0 Å². The number of aryl methyl sites for hydroxylation is 1. The fourth-order valence-corrected chi connectivity index (χ4v) is 5.76. The molecule has 32 heavy (non-hydrogen) atoms. The van der Waals surface area contributed by atoms with Crippen molar-refractivity contribution in [1.29, 1.82) is 0 Å². The van der Waals surface area contributed by atoms with E-state index in [1.54, 1.807) is 37.8 Å². The van der Waals surface area contributed by atoms with Gasteiger partial charge in [-0.25, -0.2) is 8.42 Å². The highest BCUT2D eigenvalue weighted by Crippen LogP contribution is 2.43. The van der Waals surface area contributed by atoms with Crippen molar-refractivity contribution < 1.29 is 22.6 Å². The third-order valence-electron chi connectivity index (χ3n) is 5.95. The van der Waals surface area contributed by atoms with E-state index in [-0.39, 0.29) is 17.5 Å². The average molecular weight is 454 g/mol. The summed E-state index contributed by atoms with van der Waals surface area (Å²) in [6.07, 6.45) is 0.521. The van der Waals surface area contributed by atoms with Gasteiger partial charge in [0.1, 0.15) is 5.75 Å². The molecule has 0 saturated heterocycles. The van der Waals surface area contributed by atoms with Gasteiger partial charge in [-0.1, -0.05) is 35.9 Å². The number of hydrogen-bond donors (Lipinski definition) is 0. The van der Waals surface area contributed by atoms with Crippen LogP contribution < -0.4 is 14.2 Å². The summed E-state index contributed by atoms with van der Waals surface area (Å²) in [6.45, 7) is 2.12. The standard InChI is InChI=1S/C25H27NO5S/c1-17-5-12-21(13-6-17)32(27,28)26-16-22-19(9-14-24(30-3)25(22)31-4)15-23(26)18-7-10-20(29-2)11-8-18/h5-14,23H,15-16H2,1-4H3. The van der Waals surface area contributed by atoms with E-state index in [9.17, 15) is 8.42 Å². The first-order valence-electron chi connectivity index (χ1n) is 10.3. The zero-order valence-electron chi connectivity index (χ0n) is 18.7. The molecule has 0 radical (unpaired) electrons. The van der Waals surface area contributed by atoms with E-state index in [0.29, 0.717) is 17.9 Å². The number of rotatable bonds is 6. The number of sulfonamides is 1. The van der Waals surface area contributed by atoms with Crippen LogP contribution in [-0.2, 0) is 23.0 Å². The first-order valence-corrected chi connectivity index (χ1v) is 11.8. The lowest BCUT2D eigenvalue weighted by Gasteiger charge is -2.37. The van der Waals surface area contributed by atoms with E-state index in [2.05, 4.69) is 0 Å². The molecule has 0 saturated carbocycles. The van der Waals surface area contributed by atoms with Gasteiger partial charge in [-0.2, -0.15) is 4.31 Å². The number of methoxy groups -OCH3 is 3. The van der Waals surface area contributed by atoms with Crippen LogP contribution in [-0.4, -0.2) is 34.1 Å². The maximum atomic E-state index is 13.8. The Labute approximate surface area is 189 Å². The Kier molecular flexibility index (Phi) is 6.13. The summed E-state index contributed by atoms with van der Waals surface area (Å²) in [5, 5.41) is 0. The third kappa shape index (κ3) is 3.94. The number of nitrogens with zero attached hydrogens (tertiary/aromatic N) is 1. The number of ether oxygens (including phenoxy) is 3. The van der Waals surface area contributed by atoms with E-state index >= 15 is 0 Å². The molecule has 1 aliphatic heterocycles. The van der Waals surface area contributed by atoms with Crippen LogP contribution in [0.5, 0.6) is 17.2 Å². The summed E-state index contributed by atoms with van der Waals surface area (Å²) in [6, 6.07) is 18.0. The van der Waals surface area contributed by atoms with Gasteiger partial charge in [0.05, 0.1) is 32.3 Å². The summed E-state index contributed by atoms with van der Waals surface area (Å²) in [7, 11) is 0.991. The molecule has 0 aliphatic carbocycles. The Morgan fingerprint density at radius 1 is 0.844 bits per heavy atom.